The van der Waals surface area contributed by atoms with E-state index in [4.69, 9.17) is 11.1 Å². The monoisotopic (exact) mass is 270 g/mol. The Kier molecular flexibility index (Phi) is 3.68. The van der Waals surface area contributed by atoms with Gasteiger partial charge < -0.3 is 11.1 Å². The van der Waals surface area contributed by atoms with Crippen molar-refractivity contribution in [3.63, 3.8) is 0 Å². The first kappa shape index (κ1) is 11.5. The largest absolute Gasteiger partial charge is 0.351 e. The predicted octanol–water partition coefficient (Wildman–Crippen LogP) is 1.77. The Morgan fingerprint density at radius 3 is 2.80 bits per heavy atom. The highest BCUT2D eigenvalue weighted by Gasteiger charge is 2.04. The molecule has 1 aromatic rings. The van der Waals surface area contributed by atoms with Crippen molar-refractivity contribution in [2.45, 2.75) is 6.92 Å². The van der Waals surface area contributed by atoms with Gasteiger partial charge in [0.2, 0.25) is 5.96 Å². The summed E-state index contributed by atoms with van der Waals surface area (Å²) in [5.74, 6) is -0.149. The maximum absolute atomic E-state index is 10.5. The van der Waals surface area contributed by atoms with Crippen LogP contribution in [0.5, 0.6) is 0 Å². The van der Waals surface area contributed by atoms with Crippen LogP contribution in [0.1, 0.15) is 5.56 Å². The smallest absolute Gasteiger partial charge is 0.318 e. The first-order valence-corrected chi connectivity index (χ1v) is 4.97. The van der Waals surface area contributed by atoms with Gasteiger partial charge in [-0.3, -0.25) is 10.7 Å². The van der Waals surface area contributed by atoms with Gasteiger partial charge in [0, 0.05) is 10.2 Å². The zero-order valence-corrected chi connectivity index (χ0v) is 9.68. The minimum Gasteiger partial charge on any atom is -0.351 e. The third kappa shape index (κ3) is 3.25. The molecule has 0 aromatic heterocycles. The van der Waals surface area contributed by atoms with E-state index in [0.717, 1.165) is 15.7 Å². The summed E-state index contributed by atoms with van der Waals surface area (Å²) in [5, 5.41) is 12.2. The Labute approximate surface area is 95.7 Å². The number of primary amides is 1. The summed E-state index contributed by atoms with van der Waals surface area (Å²) >= 11 is 3.36. The molecule has 0 aliphatic heterocycles. The van der Waals surface area contributed by atoms with Crippen molar-refractivity contribution in [2.24, 2.45) is 5.73 Å². The van der Waals surface area contributed by atoms with Gasteiger partial charge in [0.05, 0.1) is 0 Å². The number of rotatable bonds is 1. The predicted molar refractivity (Wildman–Crippen MR) is 62.9 cm³/mol. The van der Waals surface area contributed by atoms with Gasteiger partial charge in [-0.1, -0.05) is 22.0 Å². The molecule has 6 heteroatoms. The van der Waals surface area contributed by atoms with Gasteiger partial charge in [0.1, 0.15) is 0 Å². The third-order valence-electron chi connectivity index (χ3n) is 1.78. The molecule has 2 amide bonds. The standard InChI is InChI=1S/C9H11BrN4O/c1-5-6(10)3-2-4-7(5)13-8(11)14-9(12)15/h2-4H,1H3,(H5,11,12,13,14,15). The SMILES string of the molecule is Cc1c(Br)cccc1NC(=N)NC(N)=O. The number of carbonyl (C=O) groups excluding carboxylic acids is 1. The average Bonchev–Trinajstić information content (AvgIpc) is 2.11. The van der Waals surface area contributed by atoms with Crippen molar-refractivity contribution >= 4 is 33.6 Å². The molecule has 5 nitrogen and oxygen atoms in total. The summed E-state index contributed by atoms with van der Waals surface area (Å²) in [6.07, 6.45) is 0. The number of nitrogens with two attached hydrogens (primary N) is 1. The van der Waals surface area contributed by atoms with E-state index >= 15 is 0 Å². The molecule has 0 fully saturated rings. The quantitative estimate of drug-likeness (QED) is 0.463. The van der Waals surface area contributed by atoms with E-state index in [0.29, 0.717) is 0 Å². The number of carbonyl (C=O) groups is 1. The Balaban J connectivity index is 2.77. The normalized spacial score (nSPS) is 9.47. The molecule has 80 valence electrons. The second-order valence-corrected chi connectivity index (χ2v) is 3.76. The second-order valence-electron chi connectivity index (χ2n) is 2.90. The maximum Gasteiger partial charge on any atom is 0.318 e. The lowest BCUT2D eigenvalue weighted by Gasteiger charge is -2.11. The van der Waals surface area contributed by atoms with Crippen molar-refractivity contribution in [3.05, 3.63) is 28.2 Å². The minimum atomic E-state index is -0.764. The van der Waals surface area contributed by atoms with Crippen LogP contribution in [-0.4, -0.2) is 12.0 Å². The van der Waals surface area contributed by atoms with Crippen LogP contribution in [0.3, 0.4) is 0 Å². The second kappa shape index (κ2) is 4.79. The Morgan fingerprint density at radius 2 is 2.20 bits per heavy atom. The average molecular weight is 271 g/mol. The van der Waals surface area contributed by atoms with Crippen molar-refractivity contribution in [3.8, 4) is 0 Å². The Bertz CT molecular complexity index is 405. The highest BCUT2D eigenvalue weighted by molar-refractivity contribution is 9.10. The van der Waals surface area contributed by atoms with Gasteiger partial charge in [-0.05, 0) is 24.6 Å². The number of anilines is 1. The zero-order chi connectivity index (χ0) is 11.4. The first-order chi connectivity index (χ1) is 7.00. The summed E-state index contributed by atoms with van der Waals surface area (Å²) in [4.78, 5) is 10.5. The van der Waals surface area contributed by atoms with Crippen LogP contribution in [0.25, 0.3) is 0 Å². The zero-order valence-electron chi connectivity index (χ0n) is 8.10. The van der Waals surface area contributed by atoms with Crippen LogP contribution in [-0.2, 0) is 0 Å². The molecular formula is C9H11BrN4O. The van der Waals surface area contributed by atoms with Gasteiger partial charge >= 0.3 is 6.03 Å². The van der Waals surface area contributed by atoms with Crippen LogP contribution in [0.15, 0.2) is 22.7 Å². The lowest BCUT2D eigenvalue weighted by atomic mass is 10.2. The van der Waals surface area contributed by atoms with E-state index in [1.54, 1.807) is 6.07 Å². The highest BCUT2D eigenvalue weighted by atomic mass is 79.9. The fourth-order valence-electron chi connectivity index (χ4n) is 1.03. The molecule has 1 rings (SSSR count). The van der Waals surface area contributed by atoms with E-state index in [9.17, 15) is 4.79 Å². The molecule has 0 saturated heterocycles. The molecule has 1 aromatic carbocycles. The van der Waals surface area contributed by atoms with Crippen LogP contribution in [0, 0.1) is 12.3 Å². The van der Waals surface area contributed by atoms with E-state index in [1.165, 1.54) is 0 Å². The topological polar surface area (TPSA) is 91.0 Å². The van der Waals surface area contributed by atoms with Crippen molar-refractivity contribution in [1.82, 2.24) is 5.32 Å². The van der Waals surface area contributed by atoms with Crippen LogP contribution >= 0.6 is 15.9 Å². The van der Waals surface area contributed by atoms with Gasteiger partial charge in [-0.25, -0.2) is 4.79 Å². The molecular weight excluding hydrogens is 260 g/mol. The number of hydrogen-bond donors (Lipinski definition) is 4. The van der Waals surface area contributed by atoms with E-state index in [1.807, 2.05) is 19.1 Å². The number of hydrogen-bond acceptors (Lipinski definition) is 2. The molecule has 0 heterocycles. The fraction of sp³-hybridized carbons (Fsp3) is 0.111. The number of halogens is 1. The first-order valence-electron chi connectivity index (χ1n) is 4.18. The number of urea groups is 1. The van der Waals surface area contributed by atoms with E-state index in [-0.39, 0.29) is 5.96 Å². The maximum atomic E-state index is 10.5. The number of benzene rings is 1. The van der Waals surface area contributed by atoms with Crippen LogP contribution in [0.4, 0.5) is 10.5 Å². The van der Waals surface area contributed by atoms with Crippen molar-refractivity contribution in [2.75, 3.05) is 5.32 Å². The van der Waals surface area contributed by atoms with Crippen LogP contribution in [0.2, 0.25) is 0 Å². The number of guanidine groups is 1. The summed E-state index contributed by atoms with van der Waals surface area (Å²) in [7, 11) is 0. The molecule has 0 aliphatic rings. The van der Waals surface area contributed by atoms with Crippen molar-refractivity contribution < 1.29 is 4.79 Å². The molecule has 0 saturated carbocycles. The van der Waals surface area contributed by atoms with Gasteiger partial charge in [0.25, 0.3) is 0 Å². The Hall–Kier alpha value is -1.56. The molecule has 0 atom stereocenters. The van der Waals surface area contributed by atoms with Gasteiger partial charge in [0.15, 0.2) is 0 Å². The van der Waals surface area contributed by atoms with Crippen LogP contribution < -0.4 is 16.4 Å². The molecule has 5 N–H and O–H groups in total. The van der Waals surface area contributed by atoms with E-state index < -0.39 is 6.03 Å². The molecule has 0 radical (unpaired) electrons. The Morgan fingerprint density at radius 1 is 1.53 bits per heavy atom. The molecule has 0 spiro atoms. The minimum absolute atomic E-state index is 0.149. The molecule has 15 heavy (non-hydrogen) atoms. The van der Waals surface area contributed by atoms with Crippen molar-refractivity contribution in [1.29, 1.82) is 5.41 Å². The third-order valence-corrected chi connectivity index (χ3v) is 2.63. The van der Waals surface area contributed by atoms with E-state index in [2.05, 4.69) is 26.6 Å². The summed E-state index contributed by atoms with van der Waals surface area (Å²) in [6.45, 7) is 1.89. The molecule has 0 unspecified atom stereocenters. The lowest BCUT2D eigenvalue weighted by Crippen LogP contribution is -2.38. The fourth-order valence-corrected chi connectivity index (χ4v) is 1.40. The molecule has 0 bridgehead atoms. The highest BCUT2D eigenvalue weighted by Crippen LogP contribution is 2.23. The van der Waals surface area contributed by atoms with Gasteiger partial charge in [-0.15, -0.1) is 0 Å². The number of amides is 2. The van der Waals surface area contributed by atoms with Gasteiger partial charge in [-0.2, -0.15) is 0 Å². The summed E-state index contributed by atoms with van der Waals surface area (Å²) < 4.78 is 0.930. The summed E-state index contributed by atoms with van der Waals surface area (Å²) in [6, 6.07) is 4.76. The summed E-state index contributed by atoms with van der Waals surface area (Å²) in [5.41, 5.74) is 6.57. The molecule has 0 aliphatic carbocycles. The lowest BCUT2D eigenvalue weighted by molar-refractivity contribution is 0.253. The number of nitrogens with one attached hydrogen (secondary N) is 3.